The molecule has 24 heavy (non-hydrogen) atoms. The maximum Gasteiger partial charge on any atom is 0.344 e. The molecule has 0 unspecified atom stereocenters. The summed E-state index contributed by atoms with van der Waals surface area (Å²) in [5.41, 5.74) is -0.311. The fraction of sp³-hybridized carbons (Fsp3) is 0. The smallest absolute Gasteiger partial charge is 0.344 e. The normalized spacial score (nSPS) is 11.1. The summed E-state index contributed by atoms with van der Waals surface area (Å²) in [6.45, 7) is 0. The lowest BCUT2D eigenvalue weighted by molar-refractivity contribution is 0.411. The van der Waals surface area contributed by atoms with Gasteiger partial charge in [-0.05, 0) is 35.7 Å². The Balaban J connectivity index is 1.83. The van der Waals surface area contributed by atoms with Gasteiger partial charge in [0.25, 0.3) is 5.89 Å². The molecule has 0 atom stereocenters. The first-order valence-corrected chi connectivity index (χ1v) is 7.73. The lowest BCUT2D eigenvalue weighted by atomic mass is 10.1. The minimum atomic E-state index is -0.519. The first-order valence-electron chi connectivity index (χ1n) is 6.94. The van der Waals surface area contributed by atoms with Crippen molar-refractivity contribution in [2.45, 2.75) is 0 Å². The maximum absolute atomic E-state index is 13.8. The Morgan fingerprint density at radius 1 is 1.08 bits per heavy atom. The quantitative estimate of drug-likeness (QED) is 0.510. The van der Waals surface area contributed by atoms with Gasteiger partial charge in [-0.25, -0.2) is 9.18 Å². The third-order valence-electron chi connectivity index (χ3n) is 3.48. The van der Waals surface area contributed by atoms with Crippen molar-refractivity contribution < 1.29 is 13.3 Å². The van der Waals surface area contributed by atoms with Crippen LogP contribution < -0.4 is 5.63 Å². The Hall–Kier alpha value is -2.80. The van der Waals surface area contributed by atoms with E-state index < -0.39 is 11.4 Å². The van der Waals surface area contributed by atoms with Crippen LogP contribution in [-0.4, -0.2) is 10.1 Å². The lowest BCUT2D eigenvalue weighted by Gasteiger charge is -1.99. The first-order chi connectivity index (χ1) is 11.6. The van der Waals surface area contributed by atoms with Crippen LogP contribution in [0.5, 0.6) is 0 Å². The molecule has 0 aliphatic carbocycles. The van der Waals surface area contributed by atoms with E-state index in [9.17, 15) is 9.18 Å². The van der Waals surface area contributed by atoms with Crippen LogP contribution >= 0.6 is 15.9 Å². The molecule has 2 aromatic carbocycles. The number of fused-ring (bicyclic) bond motifs is 1. The van der Waals surface area contributed by atoms with Crippen LogP contribution in [-0.2, 0) is 0 Å². The SMILES string of the molecule is O=c1oc(-c2nc(-c3ccccc3F)no2)cc2ccc(Br)cc12. The minimum Gasteiger partial charge on any atom is -0.417 e. The van der Waals surface area contributed by atoms with Crippen LogP contribution in [0.4, 0.5) is 4.39 Å². The molecule has 0 aliphatic heterocycles. The molecule has 0 aliphatic rings. The molecule has 118 valence electrons. The molecule has 0 saturated carbocycles. The molecular weight excluding hydrogens is 379 g/mol. The average molecular weight is 387 g/mol. The molecule has 0 bridgehead atoms. The van der Waals surface area contributed by atoms with Gasteiger partial charge in [-0.3, -0.25) is 0 Å². The number of halogens is 2. The summed E-state index contributed by atoms with van der Waals surface area (Å²) in [4.78, 5) is 16.2. The van der Waals surface area contributed by atoms with Crippen LogP contribution in [0.2, 0.25) is 0 Å². The van der Waals surface area contributed by atoms with E-state index >= 15 is 0 Å². The van der Waals surface area contributed by atoms with Gasteiger partial charge in [-0.1, -0.05) is 39.3 Å². The fourth-order valence-electron chi connectivity index (χ4n) is 2.34. The molecule has 4 rings (SSSR count). The van der Waals surface area contributed by atoms with Crippen LogP contribution in [0.3, 0.4) is 0 Å². The van der Waals surface area contributed by atoms with Gasteiger partial charge in [0.1, 0.15) is 5.82 Å². The van der Waals surface area contributed by atoms with Gasteiger partial charge >= 0.3 is 5.63 Å². The Morgan fingerprint density at radius 2 is 1.92 bits per heavy atom. The number of aromatic nitrogens is 2. The summed E-state index contributed by atoms with van der Waals surface area (Å²) in [5.74, 6) is -0.239. The van der Waals surface area contributed by atoms with Gasteiger partial charge in [-0.15, -0.1) is 0 Å². The number of hydrogen-bond donors (Lipinski definition) is 0. The van der Waals surface area contributed by atoms with Crippen molar-refractivity contribution in [3.8, 4) is 23.0 Å². The van der Waals surface area contributed by atoms with E-state index in [1.807, 2.05) is 6.07 Å². The molecule has 0 amide bonds. The van der Waals surface area contributed by atoms with Crippen LogP contribution in [0.1, 0.15) is 0 Å². The summed E-state index contributed by atoms with van der Waals surface area (Å²) in [5, 5.41) is 4.86. The third kappa shape index (κ3) is 2.52. The van der Waals surface area contributed by atoms with Crippen molar-refractivity contribution in [3.05, 3.63) is 69.2 Å². The number of nitrogens with zero attached hydrogens (tertiary/aromatic N) is 2. The number of rotatable bonds is 2. The Bertz CT molecular complexity index is 1120. The molecule has 0 fully saturated rings. The molecule has 5 nitrogen and oxygen atoms in total. The van der Waals surface area contributed by atoms with Crippen molar-refractivity contribution in [2.24, 2.45) is 0 Å². The molecule has 0 N–H and O–H groups in total. The fourth-order valence-corrected chi connectivity index (χ4v) is 2.70. The minimum absolute atomic E-state index is 0.00942. The molecule has 4 aromatic rings. The van der Waals surface area contributed by atoms with Crippen molar-refractivity contribution in [3.63, 3.8) is 0 Å². The highest BCUT2D eigenvalue weighted by Gasteiger charge is 2.16. The van der Waals surface area contributed by atoms with E-state index in [1.165, 1.54) is 12.1 Å². The van der Waals surface area contributed by atoms with E-state index in [4.69, 9.17) is 8.94 Å². The van der Waals surface area contributed by atoms with Crippen molar-refractivity contribution in [1.82, 2.24) is 10.1 Å². The molecule has 0 radical (unpaired) electrons. The van der Waals surface area contributed by atoms with E-state index in [1.54, 1.807) is 30.3 Å². The van der Waals surface area contributed by atoms with Crippen molar-refractivity contribution >= 4 is 26.7 Å². The molecular formula is C17H8BrFN2O3. The molecule has 0 spiro atoms. The summed E-state index contributed by atoms with van der Waals surface area (Å²) < 4.78 is 24.9. The van der Waals surface area contributed by atoms with E-state index in [-0.39, 0.29) is 23.0 Å². The monoisotopic (exact) mass is 386 g/mol. The van der Waals surface area contributed by atoms with Gasteiger partial charge in [-0.2, -0.15) is 4.98 Å². The van der Waals surface area contributed by atoms with Gasteiger partial charge in [0.05, 0.1) is 10.9 Å². The zero-order valence-corrected chi connectivity index (χ0v) is 13.6. The van der Waals surface area contributed by atoms with Crippen molar-refractivity contribution in [2.75, 3.05) is 0 Å². The number of benzene rings is 2. The summed E-state index contributed by atoms with van der Waals surface area (Å²) in [7, 11) is 0. The third-order valence-corrected chi connectivity index (χ3v) is 3.97. The standard InChI is InChI=1S/C17H8BrFN2O3/c18-10-6-5-9-7-14(23-17(22)12(9)8-10)16-20-15(21-24-16)11-3-1-2-4-13(11)19/h1-8H. The predicted octanol–water partition coefficient (Wildman–Crippen LogP) is 4.41. The molecule has 7 heteroatoms. The Kier molecular flexibility index (Phi) is 3.50. The highest BCUT2D eigenvalue weighted by atomic mass is 79.9. The van der Waals surface area contributed by atoms with Gasteiger partial charge < -0.3 is 8.94 Å². The zero-order chi connectivity index (χ0) is 16.7. The van der Waals surface area contributed by atoms with E-state index in [0.717, 1.165) is 4.47 Å². The van der Waals surface area contributed by atoms with Crippen LogP contribution in [0, 0.1) is 5.82 Å². The second-order valence-electron chi connectivity index (χ2n) is 5.03. The van der Waals surface area contributed by atoms with E-state index in [0.29, 0.717) is 10.8 Å². The molecule has 2 aromatic heterocycles. The second-order valence-corrected chi connectivity index (χ2v) is 5.95. The molecule has 2 heterocycles. The van der Waals surface area contributed by atoms with E-state index in [2.05, 4.69) is 26.1 Å². The predicted molar refractivity (Wildman–Crippen MR) is 88.9 cm³/mol. The Morgan fingerprint density at radius 3 is 2.75 bits per heavy atom. The lowest BCUT2D eigenvalue weighted by Crippen LogP contribution is -2.00. The number of hydrogen-bond acceptors (Lipinski definition) is 5. The second kappa shape index (κ2) is 5.68. The topological polar surface area (TPSA) is 69.1 Å². The highest BCUT2D eigenvalue weighted by Crippen LogP contribution is 2.26. The largest absolute Gasteiger partial charge is 0.417 e. The van der Waals surface area contributed by atoms with Gasteiger partial charge in [0.2, 0.25) is 5.82 Å². The highest BCUT2D eigenvalue weighted by molar-refractivity contribution is 9.10. The maximum atomic E-state index is 13.8. The zero-order valence-electron chi connectivity index (χ0n) is 12.0. The summed E-state index contributed by atoms with van der Waals surface area (Å²) >= 11 is 3.31. The first kappa shape index (κ1) is 14.8. The van der Waals surface area contributed by atoms with Gasteiger partial charge in [0, 0.05) is 4.47 Å². The van der Waals surface area contributed by atoms with Crippen molar-refractivity contribution in [1.29, 1.82) is 0 Å². The van der Waals surface area contributed by atoms with Crippen LogP contribution in [0.25, 0.3) is 33.8 Å². The van der Waals surface area contributed by atoms with Crippen LogP contribution in [0.15, 0.2) is 66.7 Å². The average Bonchev–Trinajstić information content (AvgIpc) is 3.05. The summed E-state index contributed by atoms with van der Waals surface area (Å²) in [6.07, 6.45) is 0. The van der Waals surface area contributed by atoms with Gasteiger partial charge in [0.15, 0.2) is 5.76 Å². The Labute approximate surface area is 142 Å². The molecule has 0 saturated heterocycles. The summed E-state index contributed by atoms with van der Waals surface area (Å²) in [6, 6.07) is 13.0.